The second kappa shape index (κ2) is 7.66. The van der Waals surface area contributed by atoms with Gasteiger partial charge in [0.15, 0.2) is 0 Å². The number of hydrogen-bond acceptors (Lipinski definition) is 5. The molecule has 2 amide bonds. The van der Waals surface area contributed by atoms with Gasteiger partial charge in [-0.2, -0.15) is 4.31 Å². The van der Waals surface area contributed by atoms with E-state index in [0.29, 0.717) is 43.9 Å². The van der Waals surface area contributed by atoms with E-state index in [0.717, 1.165) is 11.1 Å². The van der Waals surface area contributed by atoms with E-state index < -0.39 is 10.0 Å². The van der Waals surface area contributed by atoms with Crippen LogP contribution in [0.3, 0.4) is 0 Å². The highest BCUT2D eigenvalue weighted by molar-refractivity contribution is 7.89. The van der Waals surface area contributed by atoms with Crippen molar-refractivity contribution >= 4 is 21.8 Å². The molecule has 2 saturated heterocycles. The summed E-state index contributed by atoms with van der Waals surface area (Å²) in [6.45, 7) is 5.69. The molecule has 0 radical (unpaired) electrons. The zero-order valence-corrected chi connectivity index (χ0v) is 17.7. The number of likely N-dealkylation sites (tertiary alicyclic amines) is 1. The number of imide groups is 1. The third-order valence-electron chi connectivity index (χ3n) is 6.22. The summed E-state index contributed by atoms with van der Waals surface area (Å²) in [7, 11) is -3.55. The van der Waals surface area contributed by atoms with Crippen LogP contribution in [-0.4, -0.2) is 67.2 Å². The monoisotopic (exact) mass is 417 g/mol. The number of sulfonamides is 1. The Labute approximate surface area is 172 Å². The van der Waals surface area contributed by atoms with Crippen LogP contribution in [0.25, 0.3) is 0 Å². The van der Waals surface area contributed by atoms with Gasteiger partial charge in [0, 0.05) is 26.2 Å². The number of fused-ring (bicyclic) bond motifs is 1. The van der Waals surface area contributed by atoms with Crippen molar-refractivity contribution in [1.29, 1.82) is 0 Å². The number of rotatable bonds is 4. The molecule has 1 aliphatic carbocycles. The molecule has 0 N–H and O–H groups in total. The maximum Gasteiger partial charge on any atom is 0.243 e. The molecule has 2 aliphatic heterocycles. The van der Waals surface area contributed by atoms with Crippen LogP contribution in [0.2, 0.25) is 0 Å². The molecule has 3 aliphatic rings. The van der Waals surface area contributed by atoms with Gasteiger partial charge in [0.2, 0.25) is 21.8 Å². The van der Waals surface area contributed by atoms with Crippen molar-refractivity contribution in [3.8, 4) is 0 Å². The normalized spacial score (nSPS) is 26.2. The highest BCUT2D eigenvalue weighted by atomic mass is 32.2. The van der Waals surface area contributed by atoms with Crippen molar-refractivity contribution in [2.24, 2.45) is 11.8 Å². The third kappa shape index (κ3) is 3.65. The van der Waals surface area contributed by atoms with Crippen molar-refractivity contribution in [2.45, 2.75) is 31.6 Å². The quantitative estimate of drug-likeness (QED) is 0.548. The third-order valence-corrected chi connectivity index (χ3v) is 8.28. The Morgan fingerprint density at radius 2 is 1.52 bits per heavy atom. The number of benzene rings is 1. The predicted octanol–water partition coefficient (Wildman–Crippen LogP) is 1.52. The standard InChI is InChI=1S/C21H27N3O4S/c1-15-7-8-19(16(2)13-15)29(27,28)23-11-9-22(10-12-23)14-24-20(25)17-5-3-4-6-18(17)21(24)26/h3-4,7-8,13,17-18H,5-6,9-12,14H2,1-2H3/t17-,18-/m1/s1. The van der Waals surface area contributed by atoms with Crippen molar-refractivity contribution in [1.82, 2.24) is 14.1 Å². The molecule has 0 unspecified atom stereocenters. The van der Waals surface area contributed by atoms with Crippen LogP contribution in [0.4, 0.5) is 0 Å². The van der Waals surface area contributed by atoms with Crippen LogP contribution < -0.4 is 0 Å². The Hall–Kier alpha value is -2.03. The van der Waals surface area contributed by atoms with Crippen molar-refractivity contribution < 1.29 is 18.0 Å². The summed E-state index contributed by atoms with van der Waals surface area (Å²) in [5.74, 6) is -0.623. The molecule has 0 spiro atoms. The minimum atomic E-state index is -3.55. The number of aryl methyl sites for hydroxylation is 2. The van der Waals surface area contributed by atoms with E-state index in [9.17, 15) is 18.0 Å². The number of hydrogen-bond donors (Lipinski definition) is 0. The van der Waals surface area contributed by atoms with E-state index in [1.54, 1.807) is 6.07 Å². The topological polar surface area (TPSA) is 78.0 Å². The summed E-state index contributed by atoms with van der Waals surface area (Å²) < 4.78 is 27.6. The van der Waals surface area contributed by atoms with Crippen molar-refractivity contribution in [2.75, 3.05) is 32.8 Å². The lowest BCUT2D eigenvalue weighted by atomic mass is 9.85. The van der Waals surface area contributed by atoms with Gasteiger partial charge in [-0.25, -0.2) is 8.42 Å². The minimum absolute atomic E-state index is 0.0883. The molecule has 2 fully saturated rings. The summed E-state index contributed by atoms with van der Waals surface area (Å²) >= 11 is 0. The summed E-state index contributed by atoms with van der Waals surface area (Å²) in [5.41, 5.74) is 1.78. The SMILES string of the molecule is Cc1ccc(S(=O)(=O)N2CCN(CN3C(=O)[C@@H]4CC=CC[C@H]4C3=O)CC2)c(C)c1. The largest absolute Gasteiger partial charge is 0.283 e. The highest BCUT2D eigenvalue weighted by Crippen LogP contribution is 2.35. The van der Waals surface area contributed by atoms with Crippen LogP contribution in [0.15, 0.2) is 35.2 Å². The smallest absolute Gasteiger partial charge is 0.243 e. The van der Waals surface area contributed by atoms with Gasteiger partial charge < -0.3 is 0 Å². The molecular weight excluding hydrogens is 390 g/mol. The molecule has 7 nitrogen and oxygen atoms in total. The molecule has 29 heavy (non-hydrogen) atoms. The first-order valence-electron chi connectivity index (χ1n) is 10.1. The molecule has 0 bridgehead atoms. The maximum atomic E-state index is 13.0. The molecule has 1 aromatic rings. The van der Waals surface area contributed by atoms with Crippen LogP contribution in [0, 0.1) is 25.7 Å². The molecule has 2 heterocycles. The van der Waals surface area contributed by atoms with Gasteiger partial charge in [0.1, 0.15) is 0 Å². The average Bonchev–Trinajstić information content (AvgIpc) is 2.93. The van der Waals surface area contributed by atoms with Crippen LogP contribution in [-0.2, 0) is 19.6 Å². The van der Waals surface area contributed by atoms with Crippen LogP contribution in [0.5, 0.6) is 0 Å². The molecule has 2 atom stereocenters. The Morgan fingerprint density at radius 3 is 2.07 bits per heavy atom. The molecule has 8 heteroatoms. The zero-order chi connectivity index (χ0) is 20.8. The maximum absolute atomic E-state index is 13.0. The second-order valence-electron chi connectivity index (χ2n) is 8.19. The first-order chi connectivity index (χ1) is 13.8. The zero-order valence-electron chi connectivity index (χ0n) is 16.9. The number of allylic oxidation sites excluding steroid dienone is 2. The van der Waals surface area contributed by atoms with Crippen LogP contribution in [0.1, 0.15) is 24.0 Å². The Morgan fingerprint density at radius 1 is 0.931 bits per heavy atom. The fourth-order valence-corrected chi connectivity index (χ4v) is 6.18. The lowest BCUT2D eigenvalue weighted by molar-refractivity contribution is -0.142. The fraction of sp³-hybridized carbons (Fsp3) is 0.524. The summed E-state index contributed by atoms with van der Waals surface area (Å²) in [6.07, 6.45) is 5.22. The number of carbonyl (C=O) groups is 2. The predicted molar refractivity (Wildman–Crippen MR) is 108 cm³/mol. The number of nitrogens with zero attached hydrogens (tertiary/aromatic N) is 3. The summed E-state index contributed by atoms with van der Waals surface area (Å²) in [4.78, 5) is 29.0. The Balaban J connectivity index is 1.40. The molecule has 0 aromatic heterocycles. The lowest BCUT2D eigenvalue weighted by Crippen LogP contribution is -2.52. The van der Waals surface area contributed by atoms with Gasteiger partial charge in [-0.15, -0.1) is 0 Å². The van der Waals surface area contributed by atoms with E-state index in [2.05, 4.69) is 0 Å². The van der Waals surface area contributed by atoms with E-state index >= 15 is 0 Å². The Kier molecular flexibility index (Phi) is 5.35. The highest BCUT2D eigenvalue weighted by Gasteiger charge is 2.47. The number of amides is 2. The van der Waals surface area contributed by atoms with E-state index in [1.807, 2.05) is 43.0 Å². The first kappa shape index (κ1) is 20.3. The number of piperazine rings is 1. The first-order valence-corrected chi connectivity index (χ1v) is 11.5. The van der Waals surface area contributed by atoms with Gasteiger partial charge in [0.25, 0.3) is 0 Å². The lowest BCUT2D eigenvalue weighted by Gasteiger charge is -2.35. The van der Waals surface area contributed by atoms with Gasteiger partial charge in [-0.1, -0.05) is 29.8 Å². The molecule has 0 saturated carbocycles. The molecule has 4 rings (SSSR count). The van der Waals surface area contributed by atoms with Gasteiger partial charge in [-0.3, -0.25) is 19.4 Å². The van der Waals surface area contributed by atoms with Crippen molar-refractivity contribution in [3.63, 3.8) is 0 Å². The van der Waals surface area contributed by atoms with Crippen molar-refractivity contribution in [3.05, 3.63) is 41.5 Å². The van der Waals surface area contributed by atoms with Crippen LogP contribution >= 0.6 is 0 Å². The van der Waals surface area contributed by atoms with E-state index in [-0.39, 0.29) is 30.3 Å². The molecule has 156 valence electrons. The van der Waals surface area contributed by atoms with E-state index in [4.69, 9.17) is 0 Å². The number of carbonyl (C=O) groups excluding carboxylic acids is 2. The summed E-state index contributed by atoms with van der Waals surface area (Å²) in [6, 6.07) is 5.36. The molecule has 1 aromatic carbocycles. The fourth-order valence-electron chi connectivity index (χ4n) is 4.55. The minimum Gasteiger partial charge on any atom is -0.283 e. The molecular formula is C21H27N3O4S. The van der Waals surface area contributed by atoms with Gasteiger partial charge in [-0.05, 0) is 38.3 Å². The Bertz CT molecular complexity index is 938. The average molecular weight is 418 g/mol. The second-order valence-corrected chi connectivity index (χ2v) is 10.1. The van der Waals surface area contributed by atoms with Gasteiger partial charge >= 0.3 is 0 Å². The van der Waals surface area contributed by atoms with E-state index in [1.165, 1.54) is 9.21 Å². The summed E-state index contributed by atoms with van der Waals surface area (Å²) in [5, 5.41) is 0. The van der Waals surface area contributed by atoms with Gasteiger partial charge in [0.05, 0.1) is 23.4 Å².